The Kier molecular flexibility index (Phi) is 4.99. The third-order valence-corrected chi connectivity index (χ3v) is 4.04. The number of para-hydroxylation sites is 1. The van der Waals surface area contributed by atoms with Gasteiger partial charge in [0.25, 0.3) is 11.6 Å². The molecule has 0 aliphatic carbocycles. The summed E-state index contributed by atoms with van der Waals surface area (Å²) in [5.74, 6) is -0.480. The predicted molar refractivity (Wildman–Crippen MR) is 97.5 cm³/mol. The van der Waals surface area contributed by atoms with E-state index in [4.69, 9.17) is 11.6 Å². The molecule has 0 spiro atoms. The molecule has 1 amide bonds. The number of carbonyl (C=O) groups is 1. The van der Waals surface area contributed by atoms with E-state index in [-0.39, 0.29) is 22.8 Å². The summed E-state index contributed by atoms with van der Waals surface area (Å²) >= 11 is 5.89. The fraction of sp³-hybridized carbons (Fsp3) is 0.111. The zero-order valence-corrected chi connectivity index (χ0v) is 14.6. The van der Waals surface area contributed by atoms with Crippen molar-refractivity contribution in [1.29, 1.82) is 0 Å². The van der Waals surface area contributed by atoms with Crippen molar-refractivity contribution in [3.05, 3.63) is 87.2 Å². The monoisotopic (exact) mass is 370 g/mol. The topological polar surface area (TPSA) is 81.3 Å². The lowest BCUT2D eigenvalue weighted by atomic mass is 10.1. The highest BCUT2D eigenvalue weighted by Gasteiger charge is 2.23. The first-order valence-corrected chi connectivity index (χ1v) is 8.12. The van der Waals surface area contributed by atoms with Gasteiger partial charge in [0, 0.05) is 36.4 Å². The van der Waals surface area contributed by atoms with E-state index >= 15 is 0 Å². The smallest absolute Gasteiger partial charge is 0.282 e. The summed E-state index contributed by atoms with van der Waals surface area (Å²) in [7, 11) is 1.58. The molecule has 1 aromatic heterocycles. The minimum absolute atomic E-state index is 0.0412. The second kappa shape index (κ2) is 7.37. The van der Waals surface area contributed by atoms with Crippen LogP contribution in [-0.2, 0) is 6.54 Å². The van der Waals surface area contributed by atoms with Crippen LogP contribution in [0.2, 0.25) is 5.02 Å². The highest BCUT2D eigenvalue weighted by atomic mass is 35.5. The van der Waals surface area contributed by atoms with Crippen molar-refractivity contribution in [2.45, 2.75) is 6.54 Å². The fourth-order valence-electron chi connectivity index (χ4n) is 2.55. The molecule has 7 nitrogen and oxygen atoms in total. The van der Waals surface area contributed by atoms with Crippen LogP contribution in [0.3, 0.4) is 0 Å². The number of hydrogen-bond acceptors (Lipinski definition) is 4. The number of carbonyl (C=O) groups excluding carboxylic acids is 1. The van der Waals surface area contributed by atoms with Crippen molar-refractivity contribution >= 4 is 23.2 Å². The minimum Gasteiger partial charge on any atom is -0.337 e. The number of halogens is 1. The SMILES string of the molecule is CN(Cc1cnn(-c2ccccc2)c1)C(=O)c1cc(Cl)ccc1[N+](=O)[O-]. The Balaban J connectivity index is 1.80. The molecule has 132 valence electrons. The first-order valence-electron chi connectivity index (χ1n) is 7.74. The highest BCUT2D eigenvalue weighted by Crippen LogP contribution is 2.24. The number of amides is 1. The van der Waals surface area contributed by atoms with Crippen molar-refractivity contribution in [1.82, 2.24) is 14.7 Å². The lowest BCUT2D eigenvalue weighted by molar-refractivity contribution is -0.385. The quantitative estimate of drug-likeness (QED) is 0.506. The Hall–Kier alpha value is -3.19. The van der Waals surface area contributed by atoms with E-state index in [0.717, 1.165) is 11.3 Å². The van der Waals surface area contributed by atoms with Crippen LogP contribution in [0.4, 0.5) is 5.69 Å². The van der Waals surface area contributed by atoms with Gasteiger partial charge in [0.1, 0.15) is 5.56 Å². The second-order valence-electron chi connectivity index (χ2n) is 5.71. The Morgan fingerprint density at radius 1 is 1.27 bits per heavy atom. The average Bonchev–Trinajstić information content (AvgIpc) is 3.10. The molecule has 0 atom stereocenters. The van der Waals surface area contributed by atoms with Gasteiger partial charge in [0.05, 0.1) is 16.8 Å². The van der Waals surface area contributed by atoms with Crippen molar-refractivity contribution < 1.29 is 9.72 Å². The van der Waals surface area contributed by atoms with Crippen LogP contribution in [0.5, 0.6) is 0 Å². The maximum absolute atomic E-state index is 12.6. The summed E-state index contributed by atoms with van der Waals surface area (Å²) in [5.41, 5.74) is 1.39. The van der Waals surface area contributed by atoms with E-state index in [9.17, 15) is 14.9 Å². The molecule has 0 radical (unpaired) electrons. The Bertz CT molecular complexity index is 956. The number of rotatable bonds is 5. The first kappa shape index (κ1) is 17.6. The van der Waals surface area contributed by atoms with Gasteiger partial charge in [0.15, 0.2) is 0 Å². The molecule has 8 heteroatoms. The lowest BCUT2D eigenvalue weighted by Gasteiger charge is -2.16. The van der Waals surface area contributed by atoms with E-state index in [0.29, 0.717) is 0 Å². The molecule has 0 aliphatic rings. The van der Waals surface area contributed by atoms with Crippen LogP contribution in [0, 0.1) is 10.1 Å². The van der Waals surface area contributed by atoms with E-state index in [1.54, 1.807) is 17.9 Å². The van der Waals surface area contributed by atoms with Gasteiger partial charge in [-0.25, -0.2) is 4.68 Å². The number of nitro benzene ring substituents is 1. The van der Waals surface area contributed by atoms with E-state index in [2.05, 4.69) is 5.10 Å². The summed E-state index contributed by atoms with van der Waals surface area (Å²) in [4.78, 5) is 24.6. The van der Waals surface area contributed by atoms with Crippen LogP contribution < -0.4 is 0 Å². The standard InChI is InChI=1S/C18H15ClN4O3/c1-21(18(24)16-9-14(19)7-8-17(16)23(25)26)11-13-10-20-22(12-13)15-5-3-2-4-6-15/h2-10,12H,11H2,1H3. The Morgan fingerprint density at radius 2 is 2.00 bits per heavy atom. The molecule has 3 aromatic rings. The third kappa shape index (κ3) is 3.73. The van der Waals surface area contributed by atoms with Gasteiger partial charge in [0.2, 0.25) is 0 Å². The van der Waals surface area contributed by atoms with Gasteiger partial charge in [-0.1, -0.05) is 29.8 Å². The fourth-order valence-corrected chi connectivity index (χ4v) is 2.73. The van der Waals surface area contributed by atoms with E-state index in [1.807, 2.05) is 36.5 Å². The molecule has 0 bridgehead atoms. The number of hydrogen-bond donors (Lipinski definition) is 0. The summed E-state index contributed by atoms with van der Waals surface area (Å²) in [6, 6.07) is 13.5. The Morgan fingerprint density at radius 3 is 2.69 bits per heavy atom. The molecule has 0 aliphatic heterocycles. The summed E-state index contributed by atoms with van der Waals surface area (Å²) in [6.07, 6.45) is 3.47. The van der Waals surface area contributed by atoms with Gasteiger partial charge in [-0.05, 0) is 24.3 Å². The molecule has 2 aromatic carbocycles. The first-order chi connectivity index (χ1) is 12.5. The van der Waals surface area contributed by atoms with Gasteiger partial charge in [-0.15, -0.1) is 0 Å². The zero-order chi connectivity index (χ0) is 18.7. The van der Waals surface area contributed by atoms with Gasteiger partial charge in [-0.2, -0.15) is 5.10 Å². The van der Waals surface area contributed by atoms with Crippen molar-refractivity contribution in [3.63, 3.8) is 0 Å². The molecule has 0 saturated heterocycles. The maximum Gasteiger partial charge on any atom is 0.282 e. The maximum atomic E-state index is 12.6. The number of nitro groups is 1. The van der Waals surface area contributed by atoms with Crippen molar-refractivity contribution in [3.8, 4) is 5.69 Å². The van der Waals surface area contributed by atoms with Crippen LogP contribution in [0.15, 0.2) is 60.9 Å². The van der Waals surface area contributed by atoms with Gasteiger partial charge in [-0.3, -0.25) is 14.9 Å². The molecule has 0 saturated carbocycles. The van der Waals surface area contributed by atoms with Crippen LogP contribution in [-0.4, -0.2) is 32.6 Å². The Labute approximate surface area is 154 Å². The number of benzene rings is 2. The van der Waals surface area contributed by atoms with Crippen molar-refractivity contribution in [2.24, 2.45) is 0 Å². The molecule has 0 fully saturated rings. The number of aromatic nitrogens is 2. The molecule has 1 heterocycles. The highest BCUT2D eigenvalue weighted by molar-refractivity contribution is 6.31. The zero-order valence-electron chi connectivity index (χ0n) is 13.9. The van der Waals surface area contributed by atoms with Gasteiger partial charge < -0.3 is 4.90 Å². The molecule has 3 rings (SSSR count). The molecular weight excluding hydrogens is 356 g/mol. The third-order valence-electron chi connectivity index (χ3n) is 3.81. The second-order valence-corrected chi connectivity index (χ2v) is 6.14. The molecular formula is C18H15ClN4O3. The lowest BCUT2D eigenvalue weighted by Crippen LogP contribution is -2.26. The van der Waals surface area contributed by atoms with Crippen LogP contribution in [0.25, 0.3) is 5.69 Å². The summed E-state index contributed by atoms with van der Waals surface area (Å²) in [5, 5.41) is 15.7. The van der Waals surface area contributed by atoms with Crippen LogP contribution >= 0.6 is 11.6 Å². The minimum atomic E-state index is -0.592. The molecule has 26 heavy (non-hydrogen) atoms. The number of nitrogens with zero attached hydrogens (tertiary/aromatic N) is 4. The van der Waals surface area contributed by atoms with Crippen LogP contribution in [0.1, 0.15) is 15.9 Å². The van der Waals surface area contributed by atoms with Crippen molar-refractivity contribution in [2.75, 3.05) is 7.05 Å². The van der Waals surface area contributed by atoms with E-state index < -0.39 is 10.8 Å². The van der Waals surface area contributed by atoms with Gasteiger partial charge >= 0.3 is 0 Å². The molecule has 0 unspecified atom stereocenters. The molecule has 0 N–H and O–H groups in total. The predicted octanol–water partition coefficient (Wildman–Crippen LogP) is 3.71. The summed E-state index contributed by atoms with van der Waals surface area (Å²) < 4.78 is 1.70. The van der Waals surface area contributed by atoms with E-state index in [1.165, 1.54) is 23.1 Å². The normalized spacial score (nSPS) is 10.5. The largest absolute Gasteiger partial charge is 0.337 e. The average molecular weight is 371 g/mol. The summed E-state index contributed by atoms with van der Waals surface area (Å²) in [6.45, 7) is 0.259.